The van der Waals surface area contributed by atoms with E-state index in [2.05, 4.69) is 214 Å². The second kappa shape index (κ2) is 23.6. The Morgan fingerprint density at radius 3 is 0.576 bits per heavy atom. The maximum absolute atomic E-state index is 5.55. The molecule has 462 valence electrons. The summed E-state index contributed by atoms with van der Waals surface area (Å²) < 4.78 is 6.75. The number of benzene rings is 12. The van der Waals surface area contributed by atoms with Gasteiger partial charge in [0.2, 0.25) is 0 Å². The zero-order valence-electron chi connectivity index (χ0n) is 53.0. The topological polar surface area (TPSA) is 131 Å². The van der Waals surface area contributed by atoms with Gasteiger partial charge in [0.15, 0.2) is 34.9 Å². The summed E-state index contributed by atoms with van der Waals surface area (Å²) in [6, 6.07) is 101. The van der Waals surface area contributed by atoms with Gasteiger partial charge in [-0.15, -0.1) is 0 Å². The number of fused-ring (bicyclic) bond motifs is 9. The minimum absolute atomic E-state index is 0.515. The molecule has 7 aromatic heterocycles. The van der Waals surface area contributed by atoms with Crippen LogP contribution in [0.1, 0.15) is 0 Å². The van der Waals surface area contributed by atoms with Crippen LogP contribution in [0.25, 0.3) is 184 Å². The lowest BCUT2D eigenvalue weighted by molar-refractivity contribution is 1.07. The minimum Gasteiger partial charge on any atom is -0.306 e. The molecule has 0 bridgehead atoms. The van der Waals surface area contributed by atoms with Crippen LogP contribution in [0.15, 0.2) is 328 Å². The average molecular weight is 1270 g/mol. The minimum atomic E-state index is 0.515. The van der Waals surface area contributed by atoms with Crippen molar-refractivity contribution in [2.45, 2.75) is 0 Å². The first-order valence-electron chi connectivity index (χ1n) is 32.9. The molecule has 99 heavy (non-hydrogen) atoms. The summed E-state index contributed by atoms with van der Waals surface area (Å²) in [6.07, 6.45) is 11.5. The number of hydrogen-bond donors (Lipinski definition) is 0. The van der Waals surface area contributed by atoms with Crippen LogP contribution in [-0.4, -0.2) is 58.6 Å². The molecule has 7 heterocycles. The van der Waals surface area contributed by atoms with Crippen LogP contribution in [0.2, 0.25) is 0 Å². The van der Waals surface area contributed by atoms with Crippen molar-refractivity contribution in [3.8, 4) is 119 Å². The van der Waals surface area contributed by atoms with Gasteiger partial charge in [-0.2, -0.15) is 0 Å². The molecule has 0 atom stereocenters. The summed E-state index contributed by atoms with van der Waals surface area (Å²) >= 11 is 0. The summed E-state index contributed by atoms with van der Waals surface area (Å²) in [5, 5.41) is 6.23. The van der Waals surface area contributed by atoms with Crippen molar-refractivity contribution in [3.05, 3.63) is 328 Å². The Balaban J connectivity index is 0.824. The SMILES string of the molecule is c1ccc(-c2ccc3c(c2)c2cc(-c4nc(-c5ccc6c(c5)c5cc(-c7ccccc7)ccc5n6-c5cnc(-c6ccccc6)nc5)nc(-c5ccc6c(c5)c5cc(-c7ccccc7)ccc5n6-c5cnc(-c6ccccc6)nc5)n4)ccc2n3-c2cnc(-c3ccccc3)nc2)cc1. The molecule has 0 fully saturated rings. The van der Waals surface area contributed by atoms with E-state index in [1.807, 2.05) is 128 Å². The maximum atomic E-state index is 5.55. The fourth-order valence-corrected chi connectivity index (χ4v) is 14.0. The van der Waals surface area contributed by atoms with Gasteiger partial charge in [-0.1, -0.05) is 200 Å². The molecular formula is C87H54N12. The van der Waals surface area contributed by atoms with Crippen molar-refractivity contribution >= 4 is 65.4 Å². The molecule has 0 saturated heterocycles. The van der Waals surface area contributed by atoms with Crippen molar-refractivity contribution in [3.63, 3.8) is 0 Å². The fraction of sp³-hybridized carbons (Fsp3) is 0. The summed E-state index contributed by atoms with van der Waals surface area (Å²) in [4.78, 5) is 46.2. The van der Waals surface area contributed by atoms with E-state index in [-0.39, 0.29) is 0 Å². The molecule has 12 aromatic carbocycles. The normalized spacial score (nSPS) is 11.6. The summed E-state index contributed by atoms with van der Waals surface area (Å²) in [5.74, 6) is 3.52. The van der Waals surface area contributed by atoms with Crippen LogP contribution in [0.5, 0.6) is 0 Å². The monoisotopic (exact) mass is 1270 g/mol. The third-order valence-electron chi connectivity index (χ3n) is 18.8. The van der Waals surface area contributed by atoms with Crippen molar-refractivity contribution in [1.82, 2.24) is 58.6 Å². The van der Waals surface area contributed by atoms with Crippen molar-refractivity contribution in [1.29, 1.82) is 0 Å². The van der Waals surface area contributed by atoms with Gasteiger partial charge in [0, 0.05) is 65.7 Å². The molecule has 0 aliphatic rings. The fourth-order valence-electron chi connectivity index (χ4n) is 14.0. The molecule has 12 heteroatoms. The Kier molecular flexibility index (Phi) is 13.6. The molecular weight excluding hydrogens is 1210 g/mol. The predicted octanol–water partition coefficient (Wildman–Crippen LogP) is 20.5. The molecule has 0 N–H and O–H groups in total. The zero-order valence-corrected chi connectivity index (χ0v) is 53.0. The Bertz CT molecular complexity index is 5650. The van der Waals surface area contributed by atoms with Crippen molar-refractivity contribution < 1.29 is 0 Å². The first kappa shape index (κ1) is 56.8. The lowest BCUT2D eigenvalue weighted by Gasteiger charge is -2.11. The van der Waals surface area contributed by atoms with Crippen LogP contribution in [-0.2, 0) is 0 Å². The van der Waals surface area contributed by atoms with Gasteiger partial charge in [-0.25, -0.2) is 44.9 Å². The first-order chi connectivity index (χ1) is 49.0. The van der Waals surface area contributed by atoms with Gasteiger partial charge < -0.3 is 13.7 Å². The third kappa shape index (κ3) is 10.1. The lowest BCUT2D eigenvalue weighted by atomic mass is 10.0. The van der Waals surface area contributed by atoms with Crippen LogP contribution >= 0.6 is 0 Å². The molecule has 0 radical (unpaired) electrons. The summed E-state index contributed by atoms with van der Waals surface area (Å²) in [5.41, 5.74) is 20.5. The Labute approximate surface area is 567 Å². The maximum Gasteiger partial charge on any atom is 0.164 e. The highest BCUT2D eigenvalue weighted by Gasteiger charge is 2.23. The van der Waals surface area contributed by atoms with E-state index >= 15 is 0 Å². The van der Waals surface area contributed by atoms with Gasteiger partial charge in [0.05, 0.1) is 87.3 Å². The van der Waals surface area contributed by atoms with Crippen molar-refractivity contribution in [2.24, 2.45) is 0 Å². The van der Waals surface area contributed by atoms with Crippen LogP contribution < -0.4 is 0 Å². The summed E-state index contributed by atoms with van der Waals surface area (Å²) in [7, 11) is 0. The number of aromatic nitrogens is 12. The van der Waals surface area contributed by atoms with E-state index in [0.717, 1.165) is 149 Å². The smallest absolute Gasteiger partial charge is 0.164 e. The number of rotatable bonds is 12. The number of hydrogen-bond acceptors (Lipinski definition) is 9. The van der Waals surface area contributed by atoms with Crippen LogP contribution in [0.4, 0.5) is 0 Å². The standard InChI is InChI=1S/C87H54N12/c1-7-19-55(20-8-1)61-31-37-76-70(43-61)73-46-64(34-40-79(73)97(76)67-49-88-82(89-50-67)58-25-13-4-14-26-58)85-94-86(65-35-41-80-74(47-65)71-44-62(56-21-9-2-10-22-56)32-38-77(71)98(80)68-51-90-83(91-52-68)59-27-15-5-16-28-59)96-87(95-85)66-36-42-81-75(48-66)72-45-63(57-23-11-3-12-24-57)33-39-78(72)99(81)69-53-92-84(93-54-69)60-29-17-6-18-30-60/h1-54H. The quantitative estimate of drug-likeness (QED) is 0.117. The Morgan fingerprint density at radius 2 is 0.354 bits per heavy atom. The van der Waals surface area contributed by atoms with E-state index in [1.165, 1.54) is 0 Å². The van der Waals surface area contributed by atoms with E-state index in [0.29, 0.717) is 34.9 Å². The second-order valence-electron chi connectivity index (χ2n) is 24.7. The van der Waals surface area contributed by atoms with Gasteiger partial charge in [-0.3, -0.25) is 0 Å². The van der Waals surface area contributed by atoms with Gasteiger partial charge in [0.1, 0.15) is 0 Å². The lowest BCUT2D eigenvalue weighted by Crippen LogP contribution is -2.01. The molecule has 19 aromatic rings. The molecule has 19 rings (SSSR count). The van der Waals surface area contributed by atoms with E-state index in [4.69, 9.17) is 44.9 Å². The number of nitrogens with zero attached hydrogens (tertiary/aromatic N) is 12. The molecule has 0 aliphatic carbocycles. The highest BCUT2D eigenvalue weighted by Crippen LogP contribution is 2.42. The summed E-state index contributed by atoms with van der Waals surface area (Å²) in [6.45, 7) is 0. The van der Waals surface area contributed by atoms with Crippen LogP contribution in [0.3, 0.4) is 0 Å². The Hall–Kier alpha value is -13.7. The van der Waals surface area contributed by atoms with E-state index < -0.39 is 0 Å². The third-order valence-corrected chi connectivity index (χ3v) is 18.8. The Morgan fingerprint density at radius 1 is 0.162 bits per heavy atom. The predicted molar refractivity (Wildman–Crippen MR) is 399 cm³/mol. The second-order valence-corrected chi connectivity index (χ2v) is 24.7. The first-order valence-corrected chi connectivity index (χ1v) is 32.9. The van der Waals surface area contributed by atoms with Crippen LogP contribution in [0, 0.1) is 0 Å². The molecule has 12 nitrogen and oxygen atoms in total. The van der Waals surface area contributed by atoms with Gasteiger partial charge in [0.25, 0.3) is 0 Å². The van der Waals surface area contributed by atoms with Gasteiger partial charge in [-0.05, 0) is 124 Å². The average Bonchev–Trinajstić information content (AvgIpc) is 1.61. The zero-order chi connectivity index (χ0) is 65.3. The molecule has 0 amide bonds. The largest absolute Gasteiger partial charge is 0.306 e. The van der Waals surface area contributed by atoms with Crippen molar-refractivity contribution in [2.75, 3.05) is 0 Å². The highest BCUT2D eigenvalue weighted by molar-refractivity contribution is 6.14. The molecule has 0 saturated carbocycles. The molecule has 0 unspecified atom stereocenters. The van der Waals surface area contributed by atoms with E-state index in [1.54, 1.807) is 0 Å². The van der Waals surface area contributed by atoms with E-state index in [9.17, 15) is 0 Å². The molecule has 0 spiro atoms. The molecule has 0 aliphatic heterocycles. The van der Waals surface area contributed by atoms with Gasteiger partial charge >= 0.3 is 0 Å². The highest BCUT2D eigenvalue weighted by atomic mass is 15.1.